The predicted octanol–water partition coefficient (Wildman–Crippen LogP) is 3.36. The van der Waals surface area contributed by atoms with Gasteiger partial charge < -0.3 is 14.2 Å². The highest BCUT2D eigenvalue weighted by Crippen LogP contribution is 2.11. The van der Waals surface area contributed by atoms with E-state index in [2.05, 4.69) is 11.7 Å². The maximum atomic E-state index is 12.0. The monoisotopic (exact) mass is 294 g/mol. The van der Waals surface area contributed by atoms with Crippen LogP contribution in [0.2, 0.25) is 0 Å². The lowest BCUT2D eigenvalue weighted by molar-refractivity contribution is -0.00500. The van der Waals surface area contributed by atoms with Crippen LogP contribution in [0.1, 0.15) is 42.6 Å². The van der Waals surface area contributed by atoms with Crippen molar-refractivity contribution < 1.29 is 23.8 Å². The number of carbonyl (C=O) groups excluding carboxylic acids is 2. The molecule has 0 bridgehead atoms. The third-order valence-corrected chi connectivity index (χ3v) is 3.04. The largest absolute Gasteiger partial charge is 0.508 e. The molecule has 1 aromatic carbocycles. The molecule has 21 heavy (non-hydrogen) atoms. The molecule has 5 nitrogen and oxygen atoms in total. The lowest BCUT2D eigenvalue weighted by atomic mass is 10.1. The Labute approximate surface area is 125 Å². The van der Waals surface area contributed by atoms with Gasteiger partial charge in [0.25, 0.3) is 0 Å². The van der Waals surface area contributed by atoms with Crippen molar-refractivity contribution in [2.75, 3.05) is 13.7 Å². The second-order valence-electron chi connectivity index (χ2n) is 4.63. The van der Waals surface area contributed by atoms with E-state index in [-0.39, 0.29) is 6.61 Å². The molecule has 0 fully saturated rings. The lowest BCUT2D eigenvalue weighted by Crippen LogP contribution is -2.25. The van der Waals surface area contributed by atoms with Crippen LogP contribution in [0.25, 0.3) is 0 Å². The Morgan fingerprint density at radius 2 is 1.81 bits per heavy atom. The smallest absolute Gasteiger partial charge is 0.455 e. The van der Waals surface area contributed by atoms with Gasteiger partial charge in [0.15, 0.2) is 0 Å². The van der Waals surface area contributed by atoms with Crippen LogP contribution < -0.4 is 0 Å². The molecule has 0 aliphatic heterocycles. The summed E-state index contributed by atoms with van der Waals surface area (Å²) >= 11 is 0. The van der Waals surface area contributed by atoms with Crippen molar-refractivity contribution in [1.82, 2.24) is 0 Å². The van der Waals surface area contributed by atoms with Crippen LogP contribution in [0.3, 0.4) is 0 Å². The predicted molar refractivity (Wildman–Crippen MR) is 78.3 cm³/mol. The fourth-order valence-corrected chi connectivity index (χ4v) is 1.81. The van der Waals surface area contributed by atoms with Gasteiger partial charge in [0.1, 0.15) is 12.7 Å². The molecule has 0 aromatic heterocycles. The molecule has 0 heterocycles. The minimum atomic E-state index is -0.778. The molecule has 1 aromatic rings. The second kappa shape index (κ2) is 9.00. The van der Waals surface area contributed by atoms with Gasteiger partial charge in [-0.25, -0.2) is 9.59 Å². The summed E-state index contributed by atoms with van der Waals surface area (Å²) in [6, 6.07) is 7.28. The highest BCUT2D eigenvalue weighted by atomic mass is 16.7. The average Bonchev–Trinajstić information content (AvgIpc) is 2.52. The van der Waals surface area contributed by atoms with E-state index in [1.165, 1.54) is 7.11 Å². The summed E-state index contributed by atoms with van der Waals surface area (Å²) in [5, 5.41) is 0. The minimum absolute atomic E-state index is 0.000698. The molecular formula is C16H22O5. The maximum absolute atomic E-state index is 12.0. The molecular weight excluding hydrogens is 272 g/mol. The van der Waals surface area contributed by atoms with E-state index in [9.17, 15) is 9.59 Å². The van der Waals surface area contributed by atoms with E-state index < -0.39 is 18.2 Å². The van der Waals surface area contributed by atoms with E-state index in [0.717, 1.165) is 18.4 Å². The third kappa shape index (κ3) is 5.85. The van der Waals surface area contributed by atoms with Gasteiger partial charge in [-0.2, -0.15) is 0 Å². The molecule has 0 radical (unpaired) electrons. The second-order valence-corrected chi connectivity index (χ2v) is 4.63. The molecule has 0 spiro atoms. The highest BCUT2D eigenvalue weighted by molar-refractivity contribution is 5.89. The molecule has 1 rings (SSSR count). The van der Waals surface area contributed by atoms with Crippen LogP contribution in [0, 0.1) is 0 Å². The molecule has 0 amide bonds. The van der Waals surface area contributed by atoms with Crippen molar-refractivity contribution >= 4 is 12.1 Å². The van der Waals surface area contributed by atoms with Gasteiger partial charge in [-0.1, -0.05) is 32.4 Å². The number of carbonyl (C=O) groups is 2. The number of benzene rings is 1. The number of methoxy groups -OCH3 is 1. The summed E-state index contributed by atoms with van der Waals surface area (Å²) < 4.78 is 14.6. The molecule has 116 valence electrons. The van der Waals surface area contributed by atoms with Gasteiger partial charge in [-0.15, -0.1) is 0 Å². The Bertz CT molecular complexity index is 452. The normalized spacial score (nSPS) is 11.6. The summed E-state index contributed by atoms with van der Waals surface area (Å²) in [5.74, 6) is -0.412. The van der Waals surface area contributed by atoms with Crippen LogP contribution in [-0.4, -0.2) is 31.9 Å². The summed E-state index contributed by atoms with van der Waals surface area (Å²) in [4.78, 5) is 23.0. The number of hydrogen-bond donors (Lipinski definition) is 0. The number of ether oxygens (including phenoxy) is 3. The summed E-state index contributed by atoms with van der Waals surface area (Å²) in [6.07, 6.45) is 1.11. The molecule has 0 N–H and O–H groups in total. The SMILES string of the molecule is CCCC(COC(=O)OC)OC(=O)c1ccc(CC)cc1. The molecule has 1 atom stereocenters. The average molecular weight is 294 g/mol. The molecule has 5 heteroatoms. The van der Waals surface area contributed by atoms with Crippen molar-refractivity contribution in [3.05, 3.63) is 35.4 Å². The molecule has 0 saturated heterocycles. The first kappa shape index (κ1) is 17.0. The van der Waals surface area contributed by atoms with E-state index in [0.29, 0.717) is 12.0 Å². The number of esters is 1. The zero-order valence-electron chi connectivity index (χ0n) is 12.8. The molecule has 0 aliphatic carbocycles. The van der Waals surface area contributed by atoms with E-state index in [4.69, 9.17) is 9.47 Å². The van der Waals surface area contributed by atoms with Crippen LogP contribution in [0.5, 0.6) is 0 Å². The zero-order valence-corrected chi connectivity index (χ0v) is 12.8. The van der Waals surface area contributed by atoms with Crippen molar-refractivity contribution in [3.63, 3.8) is 0 Å². The number of rotatable bonds is 7. The quantitative estimate of drug-likeness (QED) is 0.722. The standard InChI is InChI=1S/C16H22O5/c1-4-6-14(11-20-16(18)19-3)21-15(17)13-9-7-12(5-2)8-10-13/h7-10,14H,4-6,11H2,1-3H3. The van der Waals surface area contributed by atoms with Gasteiger partial charge in [0.2, 0.25) is 0 Å². The van der Waals surface area contributed by atoms with Crippen molar-refractivity contribution in [1.29, 1.82) is 0 Å². The van der Waals surface area contributed by atoms with Crippen LogP contribution >= 0.6 is 0 Å². The van der Waals surface area contributed by atoms with Gasteiger partial charge >= 0.3 is 12.1 Å². The van der Waals surface area contributed by atoms with Gasteiger partial charge in [0.05, 0.1) is 12.7 Å². The van der Waals surface area contributed by atoms with Gasteiger partial charge in [0, 0.05) is 0 Å². The molecule has 0 aliphatic rings. The molecule has 0 saturated carbocycles. The molecule has 1 unspecified atom stereocenters. The first-order valence-electron chi connectivity index (χ1n) is 7.11. The Morgan fingerprint density at radius 1 is 1.14 bits per heavy atom. The number of aryl methyl sites for hydroxylation is 1. The van der Waals surface area contributed by atoms with Gasteiger partial charge in [-0.05, 0) is 30.5 Å². The van der Waals surface area contributed by atoms with E-state index >= 15 is 0 Å². The minimum Gasteiger partial charge on any atom is -0.455 e. The Kier molecular flexibility index (Phi) is 7.29. The summed E-state index contributed by atoms with van der Waals surface area (Å²) in [7, 11) is 1.23. The van der Waals surface area contributed by atoms with Crippen LogP contribution in [-0.2, 0) is 20.6 Å². The van der Waals surface area contributed by atoms with Crippen LogP contribution in [0.15, 0.2) is 24.3 Å². The van der Waals surface area contributed by atoms with Crippen molar-refractivity contribution in [3.8, 4) is 0 Å². The Morgan fingerprint density at radius 3 is 2.33 bits per heavy atom. The Hall–Kier alpha value is -2.04. The highest BCUT2D eigenvalue weighted by Gasteiger charge is 2.17. The van der Waals surface area contributed by atoms with Crippen molar-refractivity contribution in [2.45, 2.75) is 39.2 Å². The van der Waals surface area contributed by atoms with E-state index in [1.54, 1.807) is 12.1 Å². The number of hydrogen-bond acceptors (Lipinski definition) is 5. The summed E-state index contributed by atoms with van der Waals surface area (Å²) in [6.45, 7) is 4.02. The first-order chi connectivity index (χ1) is 10.1. The Balaban J connectivity index is 2.59. The van der Waals surface area contributed by atoms with E-state index in [1.807, 2.05) is 19.1 Å². The zero-order chi connectivity index (χ0) is 15.7. The van der Waals surface area contributed by atoms with Crippen molar-refractivity contribution in [2.24, 2.45) is 0 Å². The third-order valence-electron chi connectivity index (χ3n) is 3.04. The lowest BCUT2D eigenvalue weighted by Gasteiger charge is -2.17. The van der Waals surface area contributed by atoms with Crippen LogP contribution in [0.4, 0.5) is 4.79 Å². The maximum Gasteiger partial charge on any atom is 0.508 e. The fourth-order valence-electron chi connectivity index (χ4n) is 1.81. The van der Waals surface area contributed by atoms with Gasteiger partial charge in [-0.3, -0.25) is 0 Å². The first-order valence-corrected chi connectivity index (χ1v) is 7.11. The summed E-state index contributed by atoms with van der Waals surface area (Å²) in [5.41, 5.74) is 1.65. The topological polar surface area (TPSA) is 61.8 Å². The fraction of sp³-hybridized carbons (Fsp3) is 0.500.